The zero-order valence-corrected chi connectivity index (χ0v) is 13.5. The second kappa shape index (κ2) is 6.32. The van der Waals surface area contributed by atoms with E-state index in [0.717, 1.165) is 4.88 Å². The molecule has 0 atom stereocenters. The smallest absolute Gasteiger partial charge is 0.341 e. The average molecular weight is 327 g/mol. The van der Waals surface area contributed by atoms with Crippen LogP contribution in [0, 0.1) is 6.92 Å². The molecule has 7 heteroatoms. The number of rotatable bonds is 4. The van der Waals surface area contributed by atoms with Crippen molar-refractivity contribution in [3.05, 3.63) is 39.5 Å². The van der Waals surface area contributed by atoms with E-state index in [0.29, 0.717) is 21.3 Å². The van der Waals surface area contributed by atoms with Crippen molar-refractivity contribution in [2.75, 3.05) is 11.9 Å². The number of hydrogen-bond acceptors (Lipinski definition) is 4. The van der Waals surface area contributed by atoms with Gasteiger partial charge in [0.25, 0.3) is 5.91 Å². The number of thiophene rings is 1. The molecule has 21 heavy (non-hydrogen) atoms. The minimum Gasteiger partial charge on any atom is -0.462 e. The average Bonchev–Trinajstić information content (AvgIpc) is 2.92. The van der Waals surface area contributed by atoms with E-state index in [1.807, 2.05) is 6.92 Å². The first-order valence-electron chi connectivity index (χ1n) is 6.33. The maximum absolute atomic E-state index is 12.3. The van der Waals surface area contributed by atoms with Crippen LogP contribution in [0.4, 0.5) is 5.00 Å². The fraction of sp³-hybridized carbons (Fsp3) is 0.286. The number of nitrogens with one attached hydrogen (secondary N) is 1. The van der Waals surface area contributed by atoms with E-state index in [1.54, 1.807) is 36.9 Å². The predicted octanol–water partition coefficient (Wildman–Crippen LogP) is 3.48. The van der Waals surface area contributed by atoms with Crippen LogP contribution in [0.3, 0.4) is 0 Å². The molecule has 0 radical (unpaired) electrons. The number of nitrogens with zero attached hydrogens (tertiary/aromatic N) is 1. The molecule has 0 saturated carbocycles. The molecule has 112 valence electrons. The minimum absolute atomic E-state index is 0.286. The standard InChI is InChI=1S/C14H15ClN2O3S/c1-4-20-14(19)10-5-8(2)21-13(10)16-12(18)11-6-9(15)7-17(11)3/h5-7H,4H2,1-3H3,(H,16,18). The van der Waals surface area contributed by atoms with E-state index in [9.17, 15) is 9.59 Å². The van der Waals surface area contributed by atoms with E-state index in [4.69, 9.17) is 16.3 Å². The highest BCUT2D eigenvalue weighted by Gasteiger charge is 2.19. The highest BCUT2D eigenvalue weighted by molar-refractivity contribution is 7.16. The van der Waals surface area contributed by atoms with Crippen LogP contribution < -0.4 is 5.32 Å². The summed E-state index contributed by atoms with van der Waals surface area (Å²) in [4.78, 5) is 25.0. The molecule has 2 rings (SSSR count). The highest BCUT2D eigenvalue weighted by atomic mass is 35.5. The van der Waals surface area contributed by atoms with Crippen LogP contribution in [-0.4, -0.2) is 23.1 Å². The van der Waals surface area contributed by atoms with Gasteiger partial charge in [0.05, 0.1) is 17.2 Å². The number of amides is 1. The largest absolute Gasteiger partial charge is 0.462 e. The lowest BCUT2D eigenvalue weighted by Gasteiger charge is -2.06. The fourth-order valence-electron chi connectivity index (χ4n) is 1.88. The van der Waals surface area contributed by atoms with Gasteiger partial charge in [-0.05, 0) is 26.0 Å². The molecule has 0 aliphatic rings. The maximum Gasteiger partial charge on any atom is 0.341 e. The number of hydrogen-bond donors (Lipinski definition) is 1. The molecule has 2 aromatic heterocycles. The Labute approximate surface area is 131 Å². The third kappa shape index (κ3) is 3.46. The van der Waals surface area contributed by atoms with Gasteiger partial charge in [-0.25, -0.2) is 4.79 Å². The van der Waals surface area contributed by atoms with Gasteiger partial charge in [-0.1, -0.05) is 11.6 Å². The van der Waals surface area contributed by atoms with Gasteiger partial charge < -0.3 is 14.6 Å². The zero-order chi connectivity index (χ0) is 15.6. The molecular weight excluding hydrogens is 312 g/mol. The van der Waals surface area contributed by atoms with Gasteiger partial charge in [-0.3, -0.25) is 4.79 Å². The van der Waals surface area contributed by atoms with Crippen molar-refractivity contribution in [1.82, 2.24) is 4.57 Å². The number of carbonyl (C=O) groups is 2. The molecule has 0 saturated heterocycles. The number of halogens is 1. The van der Waals surface area contributed by atoms with Gasteiger partial charge >= 0.3 is 5.97 Å². The summed E-state index contributed by atoms with van der Waals surface area (Å²) in [6.45, 7) is 3.89. The lowest BCUT2D eigenvalue weighted by Crippen LogP contribution is -2.16. The van der Waals surface area contributed by atoms with Crippen molar-refractivity contribution in [3.8, 4) is 0 Å². The minimum atomic E-state index is -0.443. The van der Waals surface area contributed by atoms with Crippen molar-refractivity contribution in [3.63, 3.8) is 0 Å². The molecule has 0 unspecified atom stereocenters. The fourth-order valence-corrected chi connectivity index (χ4v) is 3.03. The first-order chi connectivity index (χ1) is 9.92. The Bertz CT molecular complexity index is 690. The van der Waals surface area contributed by atoms with E-state index in [2.05, 4.69) is 5.32 Å². The van der Waals surface area contributed by atoms with Crippen LogP contribution in [0.25, 0.3) is 0 Å². The second-order valence-corrected chi connectivity index (χ2v) is 6.12. The molecule has 1 N–H and O–H groups in total. The predicted molar refractivity (Wildman–Crippen MR) is 83.4 cm³/mol. The molecule has 0 aliphatic heterocycles. The summed E-state index contributed by atoms with van der Waals surface area (Å²) in [6.07, 6.45) is 1.64. The summed E-state index contributed by atoms with van der Waals surface area (Å²) in [6, 6.07) is 3.28. The number of aromatic nitrogens is 1. The SMILES string of the molecule is CCOC(=O)c1cc(C)sc1NC(=O)c1cc(Cl)cn1C. The van der Waals surface area contributed by atoms with Crippen molar-refractivity contribution in [2.24, 2.45) is 7.05 Å². The molecule has 0 spiro atoms. The first-order valence-corrected chi connectivity index (χ1v) is 7.52. The van der Waals surface area contributed by atoms with E-state index in [1.165, 1.54) is 11.3 Å². The molecule has 2 heterocycles. The summed E-state index contributed by atoms with van der Waals surface area (Å²) in [7, 11) is 1.73. The third-order valence-corrected chi connectivity index (χ3v) is 3.95. The second-order valence-electron chi connectivity index (χ2n) is 4.43. The molecule has 5 nitrogen and oxygen atoms in total. The summed E-state index contributed by atoms with van der Waals surface area (Å²) < 4.78 is 6.61. The first kappa shape index (κ1) is 15.6. The Balaban J connectivity index is 2.25. The van der Waals surface area contributed by atoms with Crippen molar-refractivity contribution >= 4 is 39.8 Å². The van der Waals surface area contributed by atoms with Crippen LogP contribution in [0.15, 0.2) is 18.3 Å². The van der Waals surface area contributed by atoms with Crippen LogP contribution >= 0.6 is 22.9 Å². The Kier molecular flexibility index (Phi) is 4.69. The van der Waals surface area contributed by atoms with Crippen molar-refractivity contribution < 1.29 is 14.3 Å². The summed E-state index contributed by atoms with van der Waals surface area (Å²) in [5.41, 5.74) is 0.786. The summed E-state index contributed by atoms with van der Waals surface area (Å²) in [5.74, 6) is -0.765. The monoisotopic (exact) mass is 326 g/mol. The Hall–Kier alpha value is -1.79. The molecular formula is C14H15ClN2O3S. The molecule has 0 aromatic carbocycles. The van der Waals surface area contributed by atoms with Crippen molar-refractivity contribution in [1.29, 1.82) is 0 Å². The van der Waals surface area contributed by atoms with Gasteiger partial charge in [-0.2, -0.15) is 0 Å². The Morgan fingerprint density at radius 2 is 2.14 bits per heavy atom. The van der Waals surface area contributed by atoms with Gasteiger partial charge in [-0.15, -0.1) is 11.3 Å². The molecule has 0 aliphatic carbocycles. The highest BCUT2D eigenvalue weighted by Crippen LogP contribution is 2.29. The molecule has 1 amide bonds. The van der Waals surface area contributed by atoms with Gasteiger partial charge in [0.15, 0.2) is 0 Å². The Morgan fingerprint density at radius 1 is 1.43 bits per heavy atom. The number of ether oxygens (including phenoxy) is 1. The summed E-state index contributed by atoms with van der Waals surface area (Å²) in [5, 5.41) is 3.70. The normalized spacial score (nSPS) is 10.5. The lowest BCUT2D eigenvalue weighted by molar-refractivity contribution is 0.0528. The number of esters is 1. The third-order valence-electron chi connectivity index (χ3n) is 2.78. The lowest BCUT2D eigenvalue weighted by atomic mass is 10.3. The van der Waals surface area contributed by atoms with Gasteiger partial charge in [0.1, 0.15) is 10.7 Å². The number of anilines is 1. The van der Waals surface area contributed by atoms with E-state index in [-0.39, 0.29) is 12.5 Å². The van der Waals surface area contributed by atoms with Gasteiger partial charge in [0, 0.05) is 18.1 Å². The van der Waals surface area contributed by atoms with Crippen LogP contribution in [-0.2, 0) is 11.8 Å². The zero-order valence-electron chi connectivity index (χ0n) is 11.9. The van der Waals surface area contributed by atoms with E-state index >= 15 is 0 Å². The number of aryl methyl sites for hydroxylation is 2. The van der Waals surface area contributed by atoms with E-state index < -0.39 is 5.97 Å². The van der Waals surface area contributed by atoms with Crippen LogP contribution in [0.5, 0.6) is 0 Å². The van der Waals surface area contributed by atoms with Crippen molar-refractivity contribution in [2.45, 2.75) is 13.8 Å². The molecule has 2 aromatic rings. The molecule has 0 bridgehead atoms. The maximum atomic E-state index is 12.3. The van der Waals surface area contributed by atoms with Crippen LogP contribution in [0.2, 0.25) is 5.02 Å². The Morgan fingerprint density at radius 3 is 2.71 bits per heavy atom. The topological polar surface area (TPSA) is 60.3 Å². The number of carbonyl (C=O) groups excluding carboxylic acids is 2. The van der Waals surface area contributed by atoms with Crippen LogP contribution in [0.1, 0.15) is 32.6 Å². The molecule has 0 fully saturated rings. The summed E-state index contributed by atoms with van der Waals surface area (Å²) >= 11 is 7.20. The quantitative estimate of drug-likeness (QED) is 0.875. The van der Waals surface area contributed by atoms with Gasteiger partial charge in [0.2, 0.25) is 0 Å².